The van der Waals surface area contributed by atoms with Crippen LogP contribution in [0.5, 0.6) is 0 Å². The summed E-state index contributed by atoms with van der Waals surface area (Å²) in [6.07, 6.45) is 8.01. The molecule has 0 fully saturated rings. The Morgan fingerprint density at radius 1 is 1.10 bits per heavy atom. The van der Waals surface area contributed by atoms with E-state index in [1.807, 2.05) is 23.0 Å². The smallest absolute Gasteiger partial charge is 0.0820 e. The van der Waals surface area contributed by atoms with Crippen LogP contribution in [-0.2, 0) is 6.42 Å². The van der Waals surface area contributed by atoms with Crippen molar-refractivity contribution in [1.82, 2.24) is 14.8 Å². The molecule has 0 radical (unpaired) electrons. The molecule has 1 aromatic carbocycles. The Morgan fingerprint density at radius 3 is 2.67 bits per heavy atom. The van der Waals surface area contributed by atoms with Gasteiger partial charge in [0.2, 0.25) is 0 Å². The molecule has 5 heteroatoms. The van der Waals surface area contributed by atoms with E-state index < -0.39 is 0 Å². The van der Waals surface area contributed by atoms with E-state index in [-0.39, 0.29) is 0 Å². The zero-order chi connectivity index (χ0) is 14.5. The van der Waals surface area contributed by atoms with E-state index in [2.05, 4.69) is 39.7 Å². The summed E-state index contributed by atoms with van der Waals surface area (Å²) >= 11 is 6.05. The summed E-state index contributed by atoms with van der Waals surface area (Å²) in [5.41, 5.74) is 3.25. The van der Waals surface area contributed by atoms with Crippen molar-refractivity contribution in [2.45, 2.75) is 6.42 Å². The summed E-state index contributed by atoms with van der Waals surface area (Å²) in [6.45, 7) is 0.824. The lowest BCUT2D eigenvalue weighted by Crippen LogP contribution is -2.05. The van der Waals surface area contributed by atoms with E-state index in [0.29, 0.717) is 5.02 Å². The van der Waals surface area contributed by atoms with E-state index in [0.717, 1.165) is 24.3 Å². The van der Waals surface area contributed by atoms with Crippen molar-refractivity contribution in [1.29, 1.82) is 0 Å². The number of aromatic nitrogens is 3. The molecular weight excluding hydrogens is 284 g/mol. The fourth-order valence-electron chi connectivity index (χ4n) is 2.10. The molecule has 3 rings (SSSR count). The fourth-order valence-corrected chi connectivity index (χ4v) is 2.28. The van der Waals surface area contributed by atoms with Crippen molar-refractivity contribution in [2.75, 3.05) is 11.9 Å². The second-order valence-corrected chi connectivity index (χ2v) is 5.06. The minimum Gasteiger partial charge on any atom is -0.383 e. The van der Waals surface area contributed by atoms with Crippen LogP contribution in [0.25, 0.3) is 5.69 Å². The van der Waals surface area contributed by atoms with Crippen LogP contribution in [0.15, 0.2) is 61.2 Å². The van der Waals surface area contributed by atoms with Gasteiger partial charge in [-0.05, 0) is 36.2 Å². The number of nitrogens with zero attached hydrogens (tertiary/aromatic N) is 3. The molecule has 4 nitrogen and oxygen atoms in total. The summed E-state index contributed by atoms with van der Waals surface area (Å²) < 4.78 is 1.85. The van der Waals surface area contributed by atoms with E-state index in [1.165, 1.54) is 5.56 Å². The first-order valence-electron chi connectivity index (χ1n) is 6.75. The summed E-state index contributed by atoms with van der Waals surface area (Å²) in [4.78, 5) is 3.97. The number of halogens is 1. The predicted octanol–water partition coefficient (Wildman–Crippen LogP) is 3.58. The molecule has 0 atom stereocenters. The van der Waals surface area contributed by atoms with E-state index in [9.17, 15) is 0 Å². The molecule has 0 aliphatic heterocycles. The van der Waals surface area contributed by atoms with Gasteiger partial charge < -0.3 is 5.32 Å². The number of hydrogen-bond acceptors (Lipinski definition) is 3. The molecule has 0 saturated carbocycles. The van der Waals surface area contributed by atoms with Crippen LogP contribution in [0.4, 0.5) is 5.69 Å². The SMILES string of the molecule is Clc1cnccc1NCCc1ccc(-n2cccn2)cc1. The molecule has 0 bridgehead atoms. The van der Waals surface area contributed by atoms with Gasteiger partial charge in [0.25, 0.3) is 0 Å². The third kappa shape index (κ3) is 3.41. The number of pyridine rings is 1. The quantitative estimate of drug-likeness (QED) is 0.783. The van der Waals surface area contributed by atoms with Gasteiger partial charge in [0, 0.05) is 31.3 Å². The highest BCUT2D eigenvalue weighted by Crippen LogP contribution is 2.19. The third-order valence-corrected chi connectivity index (χ3v) is 3.51. The summed E-state index contributed by atoms with van der Waals surface area (Å²) in [6, 6.07) is 12.2. The van der Waals surface area contributed by atoms with Gasteiger partial charge in [0.1, 0.15) is 0 Å². The summed E-state index contributed by atoms with van der Waals surface area (Å²) in [7, 11) is 0. The number of anilines is 1. The summed E-state index contributed by atoms with van der Waals surface area (Å²) in [5, 5.41) is 8.17. The number of benzene rings is 1. The van der Waals surface area contributed by atoms with Gasteiger partial charge in [-0.3, -0.25) is 4.98 Å². The molecular formula is C16H15ClN4. The highest BCUT2D eigenvalue weighted by molar-refractivity contribution is 6.33. The van der Waals surface area contributed by atoms with Crippen molar-refractivity contribution >= 4 is 17.3 Å². The van der Waals surface area contributed by atoms with Crippen molar-refractivity contribution in [2.24, 2.45) is 0 Å². The van der Waals surface area contributed by atoms with E-state index in [4.69, 9.17) is 11.6 Å². The van der Waals surface area contributed by atoms with Gasteiger partial charge >= 0.3 is 0 Å². The van der Waals surface area contributed by atoms with Gasteiger partial charge in [0.15, 0.2) is 0 Å². The third-order valence-electron chi connectivity index (χ3n) is 3.21. The zero-order valence-corrected chi connectivity index (χ0v) is 12.2. The van der Waals surface area contributed by atoms with Crippen LogP contribution in [-0.4, -0.2) is 21.3 Å². The minimum absolute atomic E-state index is 0.645. The first-order valence-corrected chi connectivity index (χ1v) is 7.13. The molecule has 2 heterocycles. The van der Waals surface area contributed by atoms with E-state index >= 15 is 0 Å². The van der Waals surface area contributed by atoms with Crippen LogP contribution in [0.1, 0.15) is 5.56 Å². The lowest BCUT2D eigenvalue weighted by Gasteiger charge is -2.08. The molecule has 0 amide bonds. The Balaban J connectivity index is 1.58. The molecule has 0 aliphatic rings. The zero-order valence-electron chi connectivity index (χ0n) is 11.4. The maximum Gasteiger partial charge on any atom is 0.0820 e. The Morgan fingerprint density at radius 2 is 1.95 bits per heavy atom. The van der Waals surface area contributed by atoms with Gasteiger partial charge in [-0.2, -0.15) is 5.10 Å². The van der Waals surface area contributed by atoms with Crippen LogP contribution < -0.4 is 5.32 Å². The van der Waals surface area contributed by atoms with Crippen molar-refractivity contribution < 1.29 is 0 Å². The Hall–Kier alpha value is -2.33. The summed E-state index contributed by atoms with van der Waals surface area (Å²) in [5.74, 6) is 0. The van der Waals surface area contributed by atoms with Gasteiger partial charge in [-0.25, -0.2) is 4.68 Å². The fraction of sp³-hybridized carbons (Fsp3) is 0.125. The van der Waals surface area contributed by atoms with Crippen LogP contribution in [0, 0.1) is 0 Å². The Labute approximate surface area is 128 Å². The molecule has 0 unspecified atom stereocenters. The lowest BCUT2D eigenvalue weighted by atomic mass is 10.1. The normalized spacial score (nSPS) is 10.5. The standard InChI is InChI=1S/C16H15ClN4/c17-15-12-18-9-7-16(15)19-10-6-13-2-4-14(5-3-13)21-11-1-8-20-21/h1-5,7-9,11-12H,6,10H2,(H,18,19). The average Bonchev–Trinajstić information content (AvgIpc) is 3.04. The molecule has 0 saturated heterocycles. The van der Waals surface area contributed by atoms with Gasteiger partial charge in [-0.1, -0.05) is 23.7 Å². The van der Waals surface area contributed by atoms with Crippen LogP contribution >= 0.6 is 11.6 Å². The predicted molar refractivity (Wildman–Crippen MR) is 85.0 cm³/mol. The molecule has 2 aromatic heterocycles. The highest BCUT2D eigenvalue weighted by atomic mass is 35.5. The first kappa shape index (κ1) is 13.6. The van der Waals surface area contributed by atoms with Crippen molar-refractivity contribution in [3.63, 3.8) is 0 Å². The monoisotopic (exact) mass is 298 g/mol. The number of hydrogen-bond donors (Lipinski definition) is 1. The number of nitrogens with one attached hydrogen (secondary N) is 1. The van der Waals surface area contributed by atoms with Crippen molar-refractivity contribution in [3.8, 4) is 5.69 Å². The van der Waals surface area contributed by atoms with Gasteiger partial charge in [0.05, 0.1) is 16.4 Å². The molecule has 1 N–H and O–H groups in total. The van der Waals surface area contributed by atoms with Crippen LogP contribution in [0.3, 0.4) is 0 Å². The van der Waals surface area contributed by atoms with Gasteiger partial charge in [-0.15, -0.1) is 0 Å². The molecule has 106 valence electrons. The first-order chi connectivity index (χ1) is 10.3. The average molecular weight is 299 g/mol. The molecule has 0 spiro atoms. The number of rotatable bonds is 5. The largest absolute Gasteiger partial charge is 0.383 e. The Bertz CT molecular complexity index is 693. The minimum atomic E-state index is 0.645. The molecule has 21 heavy (non-hydrogen) atoms. The maximum absolute atomic E-state index is 6.05. The van der Waals surface area contributed by atoms with Crippen LogP contribution in [0.2, 0.25) is 5.02 Å². The van der Waals surface area contributed by atoms with Crippen molar-refractivity contribution in [3.05, 3.63) is 71.8 Å². The Kier molecular flexibility index (Phi) is 4.17. The second kappa shape index (κ2) is 6.41. The maximum atomic E-state index is 6.05. The molecule has 3 aromatic rings. The molecule has 0 aliphatic carbocycles. The highest BCUT2D eigenvalue weighted by Gasteiger charge is 2.00. The topological polar surface area (TPSA) is 42.7 Å². The second-order valence-electron chi connectivity index (χ2n) is 4.65. The lowest BCUT2D eigenvalue weighted by molar-refractivity contribution is 0.878. The van der Waals surface area contributed by atoms with E-state index in [1.54, 1.807) is 18.6 Å².